The highest BCUT2D eigenvalue weighted by Gasteiger charge is 2.35. The van der Waals surface area contributed by atoms with Gasteiger partial charge in [0.2, 0.25) is 0 Å². The van der Waals surface area contributed by atoms with Crippen LogP contribution in [0.3, 0.4) is 0 Å². The Bertz CT molecular complexity index is 834. The number of hydrogen-bond acceptors (Lipinski definition) is 5. The molecule has 2 aromatic carbocycles. The van der Waals surface area contributed by atoms with E-state index in [9.17, 15) is 0 Å². The minimum atomic E-state index is 0. The van der Waals surface area contributed by atoms with Gasteiger partial charge in [-0.25, -0.2) is 0 Å². The van der Waals surface area contributed by atoms with Crippen molar-refractivity contribution in [1.29, 1.82) is 0 Å². The smallest absolute Gasteiger partial charge is 0.160 e. The molecule has 33 heavy (non-hydrogen) atoms. The molecule has 1 aliphatic carbocycles. The standard InChI is InChI=1S/C27H37NO4.ClH/c1-29-26-13-12-21(18-27(26)30-2)15-17-31-25-11-7-6-10-24(25)28-16-14-23(19-28)32-20-22-8-4-3-5-9-22;/h3-5,8-9,12-13,18,23-25H,6-7,10-11,14-17,19-20H2,1-2H3;1H/t23-,24?,25-;/m0./s1. The van der Waals surface area contributed by atoms with Gasteiger partial charge < -0.3 is 18.9 Å². The minimum Gasteiger partial charge on any atom is -0.493 e. The molecule has 1 saturated carbocycles. The Hall–Kier alpha value is -1.79. The van der Waals surface area contributed by atoms with Crippen LogP contribution >= 0.6 is 12.4 Å². The minimum absolute atomic E-state index is 0. The summed E-state index contributed by atoms with van der Waals surface area (Å²) in [6.07, 6.45) is 7.58. The van der Waals surface area contributed by atoms with Crippen LogP contribution in [0.1, 0.15) is 43.2 Å². The Labute approximate surface area is 204 Å². The summed E-state index contributed by atoms with van der Waals surface area (Å²) in [5.41, 5.74) is 2.46. The van der Waals surface area contributed by atoms with Crippen molar-refractivity contribution >= 4 is 12.4 Å². The number of hydrogen-bond donors (Lipinski definition) is 0. The first-order valence-electron chi connectivity index (χ1n) is 12.0. The van der Waals surface area contributed by atoms with E-state index < -0.39 is 0 Å². The molecule has 6 heteroatoms. The second-order valence-electron chi connectivity index (χ2n) is 8.90. The number of nitrogens with zero attached hydrogens (tertiary/aromatic N) is 1. The lowest BCUT2D eigenvalue weighted by Crippen LogP contribution is -2.46. The molecule has 1 unspecified atom stereocenters. The summed E-state index contributed by atoms with van der Waals surface area (Å²) in [6, 6.07) is 17.1. The predicted octanol–water partition coefficient (Wildman–Crippen LogP) is 5.29. The van der Waals surface area contributed by atoms with E-state index >= 15 is 0 Å². The number of halogens is 1. The van der Waals surface area contributed by atoms with Gasteiger partial charge in [-0.2, -0.15) is 0 Å². The van der Waals surface area contributed by atoms with Crippen molar-refractivity contribution in [3.8, 4) is 11.5 Å². The molecule has 1 heterocycles. The van der Waals surface area contributed by atoms with Crippen molar-refractivity contribution in [3.63, 3.8) is 0 Å². The molecule has 0 spiro atoms. The van der Waals surface area contributed by atoms with Gasteiger partial charge >= 0.3 is 0 Å². The van der Waals surface area contributed by atoms with Crippen molar-refractivity contribution < 1.29 is 18.9 Å². The monoisotopic (exact) mass is 475 g/mol. The fraction of sp³-hybridized carbons (Fsp3) is 0.556. The highest BCUT2D eigenvalue weighted by atomic mass is 35.5. The normalized spacial score (nSPS) is 23.2. The van der Waals surface area contributed by atoms with E-state index in [2.05, 4.69) is 47.4 Å². The quantitative estimate of drug-likeness (QED) is 0.467. The molecule has 2 fully saturated rings. The molecule has 5 nitrogen and oxygen atoms in total. The fourth-order valence-electron chi connectivity index (χ4n) is 5.03. The molecule has 4 rings (SSSR count). The maximum atomic E-state index is 6.45. The molecule has 0 amide bonds. The van der Waals surface area contributed by atoms with E-state index in [0.717, 1.165) is 50.5 Å². The zero-order valence-electron chi connectivity index (χ0n) is 19.9. The van der Waals surface area contributed by atoms with Crippen LogP contribution in [0, 0.1) is 0 Å². The predicted molar refractivity (Wildman–Crippen MR) is 134 cm³/mol. The molecule has 0 aromatic heterocycles. The van der Waals surface area contributed by atoms with Crippen LogP contribution in [0.2, 0.25) is 0 Å². The number of likely N-dealkylation sites (tertiary alicyclic amines) is 1. The summed E-state index contributed by atoms with van der Waals surface area (Å²) >= 11 is 0. The number of benzene rings is 2. The summed E-state index contributed by atoms with van der Waals surface area (Å²) in [5, 5.41) is 0. The Balaban J connectivity index is 0.00000306. The van der Waals surface area contributed by atoms with E-state index in [0.29, 0.717) is 24.9 Å². The van der Waals surface area contributed by atoms with E-state index in [4.69, 9.17) is 18.9 Å². The first kappa shape index (κ1) is 25.8. The Morgan fingerprint density at radius 1 is 0.848 bits per heavy atom. The zero-order chi connectivity index (χ0) is 22.2. The highest BCUT2D eigenvalue weighted by molar-refractivity contribution is 5.85. The van der Waals surface area contributed by atoms with Crippen molar-refractivity contribution in [2.45, 2.75) is 63.4 Å². The van der Waals surface area contributed by atoms with E-state index in [-0.39, 0.29) is 12.4 Å². The summed E-state index contributed by atoms with van der Waals surface area (Å²) in [7, 11) is 3.34. The molecular formula is C27H38ClNO4. The van der Waals surface area contributed by atoms with Crippen LogP contribution in [-0.4, -0.2) is 57.1 Å². The molecule has 0 radical (unpaired) electrons. The first-order chi connectivity index (χ1) is 15.8. The fourth-order valence-corrected chi connectivity index (χ4v) is 5.03. The molecule has 182 valence electrons. The lowest BCUT2D eigenvalue weighted by molar-refractivity contribution is -0.0352. The second kappa shape index (κ2) is 13.2. The van der Waals surface area contributed by atoms with Crippen LogP contribution in [-0.2, 0) is 22.5 Å². The molecule has 2 aliphatic rings. The van der Waals surface area contributed by atoms with Gasteiger partial charge in [-0.05, 0) is 48.9 Å². The molecular weight excluding hydrogens is 438 g/mol. The van der Waals surface area contributed by atoms with Gasteiger partial charge in [0.05, 0.1) is 39.6 Å². The summed E-state index contributed by atoms with van der Waals surface area (Å²) < 4.78 is 23.4. The van der Waals surface area contributed by atoms with Crippen molar-refractivity contribution in [1.82, 2.24) is 4.90 Å². The lowest BCUT2D eigenvalue weighted by Gasteiger charge is -2.37. The Kier molecular flexibility index (Phi) is 10.3. The third-order valence-corrected chi connectivity index (χ3v) is 6.81. The Morgan fingerprint density at radius 2 is 1.64 bits per heavy atom. The lowest BCUT2D eigenvalue weighted by atomic mass is 9.91. The van der Waals surface area contributed by atoms with Gasteiger partial charge in [-0.1, -0.05) is 49.2 Å². The zero-order valence-corrected chi connectivity index (χ0v) is 20.7. The van der Waals surface area contributed by atoms with Gasteiger partial charge in [0, 0.05) is 19.1 Å². The maximum absolute atomic E-state index is 6.45. The summed E-state index contributed by atoms with van der Waals surface area (Å²) in [5.74, 6) is 1.54. The SMILES string of the molecule is COc1ccc(CCO[C@H]2CCCCC2N2CC[C@H](OCc3ccccc3)C2)cc1OC.Cl. The van der Waals surface area contributed by atoms with Crippen molar-refractivity contribution in [3.05, 3.63) is 59.7 Å². The van der Waals surface area contributed by atoms with Gasteiger partial charge in [-0.3, -0.25) is 4.90 Å². The van der Waals surface area contributed by atoms with Crippen LogP contribution < -0.4 is 9.47 Å². The van der Waals surface area contributed by atoms with Crippen LogP contribution in [0.15, 0.2) is 48.5 Å². The van der Waals surface area contributed by atoms with Gasteiger partial charge in [0.1, 0.15) is 0 Å². The number of ether oxygens (including phenoxy) is 4. The third-order valence-electron chi connectivity index (χ3n) is 6.81. The molecule has 1 aliphatic heterocycles. The molecule has 0 bridgehead atoms. The second-order valence-corrected chi connectivity index (χ2v) is 8.90. The van der Waals surface area contributed by atoms with Crippen LogP contribution in [0.4, 0.5) is 0 Å². The average molecular weight is 476 g/mol. The summed E-state index contributed by atoms with van der Waals surface area (Å²) in [6.45, 7) is 3.57. The summed E-state index contributed by atoms with van der Waals surface area (Å²) in [4.78, 5) is 2.62. The van der Waals surface area contributed by atoms with Crippen LogP contribution in [0.25, 0.3) is 0 Å². The van der Waals surface area contributed by atoms with Crippen LogP contribution in [0.5, 0.6) is 11.5 Å². The van der Waals surface area contributed by atoms with Gasteiger partial charge in [0.15, 0.2) is 11.5 Å². The number of rotatable bonds is 10. The van der Waals surface area contributed by atoms with Gasteiger partial charge in [0.25, 0.3) is 0 Å². The van der Waals surface area contributed by atoms with E-state index in [1.165, 1.54) is 30.4 Å². The van der Waals surface area contributed by atoms with E-state index in [1.807, 2.05) is 6.07 Å². The van der Waals surface area contributed by atoms with Gasteiger partial charge in [-0.15, -0.1) is 12.4 Å². The van der Waals surface area contributed by atoms with E-state index in [1.54, 1.807) is 14.2 Å². The Morgan fingerprint density at radius 3 is 2.42 bits per heavy atom. The molecule has 0 N–H and O–H groups in total. The largest absolute Gasteiger partial charge is 0.493 e. The molecule has 1 saturated heterocycles. The molecule has 3 atom stereocenters. The number of methoxy groups -OCH3 is 2. The highest BCUT2D eigenvalue weighted by Crippen LogP contribution is 2.30. The maximum Gasteiger partial charge on any atom is 0.160 e. The van der Waals surface area contributed by atoms with Crippen molar-refractivity contribution in [2.24, 2.45) is 0 Å². The topological polar surface area (TPSA) is 40.2 Å². The average Bonchev–Trinajstić information content (AvgIpc) is 3.32. The molecule has 2 aromatic rings. The first-order valence-corrected chi connectivity index (χ1v) is 12.0. The third kappa shape index (κ3) is 7.10. The van der Waals surface area contributed by atoms with Crippen molar-refractivity contribution in [2.75, 3.05) is 33.9 Å².